The molecule has 0 atom stereocenters. The minimum Gasteiger partial charge on any atom is -0.340 e. The second-order valence-corrected chi connectivity index (χ2v) is 6.78. The number of carbonyl (C=O) groups is 1. The van der Waals surface area contributed by atoms with E-state index in [1.54, 1.807) is 11.8 Å². The molecule has 1 heterocycles. The van der Waals surface area contributed by atoms with Crippen LogP contribution in [0, 0.1) is 0 Å². The molecule has 0 aliphatic rings. The quantitative estimate of drug-likeness (QED) is 0.878. The Hall–Kier alpha value is -1.43. The van der Waals surface area contributed by atoms with E-state index in [0.29, 0.717) is 11.6 Å². The topological polar surface area (TPSA) is 37.6 Å². The summed E-state index contributed by atoms with van der Waals surface area (Å²) in [7, 11) is 4.22. The van der Waals surface area contributed by atoms with E-state index in [1.165, 1.54) is 16.2 Å². The maximum absolute atomic E-state index is 11.9. The van der Waals surface area contributed by atoms with Crippen LogP contribution < -0.4 is 9.80 Å². The van der Waals surface area contributed by atoms with Crippen LogP contribution >= 0.6 is 22.9 Å². The van der Waals surface area contributed by atoms with Crippen molar-refractivity contribution < 1.29 is 9.69 Å². The third kappa shape index (κ3) is 4.53. The van der Waals surface area contributed by atoms with Gasteiger partial charge in [-0.3, -0.25) is 9.69 Å². The zero-order valence-corrected chi connectivity index (χ0v) is 14.7. The second kappa shape index (κ2) is 7.72. The Morgan fingerprint density at radius 2 is 2.00 bits per heavy atom. The molecule has 1 N–H and O–H groups in total. The summed E-state index contributed by atoms with van der Waals surface area (Å²) in [5.41, 5.74) is 1.88. The highest BCUT2D eigenvalue weighted by Crippen LogP contribution is 2.28. The number of quaternary nitrogens is 1. The molecule has 0 saturated heterocycles. The molecule has 0 aliphatic heterocycles. The van der Waals surface area contributed by atoms with E-state index >= 15 is 0 Å². The summed E-state index contributed by atoms with van der Waals surface area (Å²) < 4.78 is 0. The third-order valence-corrected chi connectivity index (χ3v) is 4.42. The molecule has 2 rings (SSSR count). The van der Waals surface area contributed by atoms with Crippen LogP contribution in [0.2, 0.25) is 5.02 Å². The Kier molecular flexibility index (Phi) is 5.94. The first kappa shape index (κ1) is 16.9. The number of hydrogen-bond donors (Lipinski definition) is 1. The predicted molar refractivity (Wildman–Crippen MR) is 92.9 cm³/mol. The van der Waals surface area contributed by atoms with Gasteiger partial charge >= 0.3 is 0 Å². The molecule has 0 aliphatic carbocycles. The molecule has 6 heteroatoms. The number of carbonyl (C=O) groups excluding carboxylic acids is 1. The zero-order valence-electron chi connectivity index (χ0n) is 13.1. The van der Waals surface area contributed by atoms with Crippen molar-refractivity contribution in [2.24, 2.45) is 0 Å². The molecule has 0 unspecified atom stereocenters. The Bertz CT molecular complexity index is 625. The molecule has 4 nitrogen and oxygen atoms in total. The third-order valence-electron chi connectivity index (χ3n) is 3.30. The number of anilines is 1. The number of rotatable bonds is 6. The largest absolute Gasteiger partial charge is 0.340 e. The molecule has 1 amide bonds. The summed E-state index contributed by atoms with van der Waals surface area (Å²) >= 11 is 7.40. The molecule has 22 heavy (non-hydrogen) atoms. The number of hydrogen-bond acceptors (Lipinski definition) is 3. The average molecular weight is 339 g/mol. The smallest absolute Gasteiger partial charge is 0.225 e. The molecule has 0 fully saturated rings. The molecular weight excluding hydrogens is 318 g/mol. The van der Waals surface area contributed by atoms with Crippen LogP contribution in [-0.4, -0.2) is 38.1 Å². The van der Waals surface area contributed by atoms with Crippen molar-refractivity contribution >= 4 is 34.0 Å². The predicted octanol–water partition coefficient (Wildman–Crippen LogP) is 2.35. The highest BCUT2D eigenvalue weighted by molar-refractivity contribution is 7.14. The fourth-order valence-electron chi connectivity index (χ4n) is 2.12. The maximum Gasteiger partial charge on any atom is 0.225 e. The van der Waals surface area contributed by atoms with Crippen LogP contribution in [0.15, 0.2) is 29.6 Å². The monoisotopic (exact) mass is 338 g/mol. The lowest BCUT2D eigenvalue weighted by Gasteiger charge is -2.18. The van der Waals surface area contributed by atoms with Gasteiger partial charge in [-0.1, -0.05) is 23.7 Å². The van der Waals surface area contributed by atoms with Crippen molar-refractivity contribution in [3.05, 3.63) is 34.7 Å². The van der Waals surface area contributed by atoms with Gasteiger partial charge in [-0.05, 0) is 12.1 Å². The highest BCUT2D eigenvalue weighted by atomic mass is 35.5. The van der Waals surface area contributed by atoms with Gasteiger partial charge in [0.25, 0.3) is 0 Å². The van der Waals surface area contributed by atoms with Gasteiger partial charge in [-0.2, -0.15) is 0 Å². The molecular formula is C16H21ClN3OS+. The Morgan fingerprint density at radius 1 is 1.32 bits per heavy atom. The van der Waals surface area contributed by atoms with Crippen LogP contribution in [0.4, 0.5) is 5.13 Å². The van der Waals surface area contributed by atoms with Gasteiger partial charge in [0, 0.05) is 35.9 Å². The molecule has 1 aromatic carbocycles. The van der Waals surface area contributed by atoms with E-state index in [-0.39, 0.29) is 5.91 Å². The molecule has 0 bridgehead atoms. The SMILES string of the molecule is CC(=O)N(CCC[NH+](C)C)c1nc(-c2ccc(Cl)cc2)cs1. The molecule has 118 valence electrons. The molecule has 0 spiro atoms. The average Bonchev–Trinajstić information content (AvgIpc) is 2.93. The number of nitrogens with one attached hydrogen (secondary N) is 1. The van der Waals surface area contributed by atoms with Gasteiger partial charge in [0.15, 0.2) is 5.13 Å². The summed E-state index contributed by atoms with van der Waals surface area (Å²) in [6.07, 6.45) is 0.956. The van der Waals surface area contributed by atoms with E-state index in [4.69, 9.17) is 11.6 Å². The summed E-state index contributed by atoms with van der Waals surface area (Å²) in [5, 5.41) is 3.44. The standard InChI is InChI=1S/C16H20ClN3OS/c1-12(21)20(10-4-9-19(2)3)16-18-15(11-22-16)13-5-7-14(17)8-6-13/h5-8,11H,4,9-10H2,1-3H3/p+1. The lowest BCUT2D eigenvalue weighted by atomic mass is 10.2. The van der Waals surface area contributed by atoms with Crippen LogP contribution in [0.3, 0.4) is 0 Å². The van der Waals surface area contributed by atoms with Gasteiger partial charge in [0.05, 0.1) is 26.3 Å². The van der Waals surface area contributed by atoms with Gasteiger partial charge < -0.3 is 4.90 Å². The second-order valence-electron chi connectivity index (χ2n) is 5.50. The number of benzene rings is 1. The number of thiazole rings is 1. The van der Waals surface area contributed by atoms with Crippen LogP contribution in [-0.2, 0) is 4.79 Å². The van der Waals surface area contributed by atoms with Gasteiger partial charge in [0.1, 0.15) is 0 Å². The van der Waals surface area contributed by atoms with Gasteiger partial charge in [0.2, 0.25) is 5.91 Å². The molecule has 1 aromatic heterocycles. The minimum atomic E-state index is 0.0331. The fourth-order valence-corrected chi connectivity index (χ4v) is 3.15. The number of amides is 1. The molecule has 0 radical (unpaired) electrons. The summed E-state index contributed by atoms with van der Waals surface area (Å²) in [4.78, 5) is 19.6. The number of nitrogens with zero attached hydrogens (tertiary/aromatic N) is 2. The molecule has 2 aromatic rings. The minimum absolute atomic E-state index is 0.0331. The van der Waals surface area contributed by atoms with Crippen molar-refractivity contribution in [3.63, 3.8) is 0 Å². The van der Waals surface area contributed by atoms with E-state index in [1.807, 2.05) is 29.6 Å². The fraction of sp³-hybridized carbons (Fsp3) is 0.375. The Labute approximate surface area is 140 Å². The van der Waals surface area contributed by atoms with Crippen molar-refractivity contribution in [1.82, 2.24) is 4.98 Å². The van der Waals surface area contributed by atoms with E-state index < -0.39 is 0 Å². The first-order valence-electron chi connectivity index (χ1n) is 7.26. The van der Waals surface area contributed by atoms with E-state index in [2.05, 4.69) is 19.1 Å². The summed E-state index contributed by atoms with van der Waals surface area (Å²) in [6.45, 7) is 3.32. The normalized spacial score (nSPS) is 11.0. The van der Waals surface area contributed by atoms with Crippen LogP contribution in [0.5, 0.6) is 0 Å². The van der Waals surface area contributed by atoms with E-state index in [9.17, 15) is 4.79 Å². The summed E-state index contributed by atoms with van der Waals surface area (Å²) in [5.74, 6) is 0.0331. The van der Waals surface area contributed by atoms with Gasteiger partial charge in [-0.15, -0.1) is 11.3 Å². The highest BCUT2D eigenvalue weighted by Gasteiger charge is 2.16. The van der Waals surface area contributed by atoms with Gasteiger partial charge in [-0.25, -0.2) is 4.98 Å². The van der Waals surface area contributed by atoms with Crippen molar-refractivity contribution in [3.8, 4) is 11.3 Å². The summed E-state index contributed by atoms with van der Waals surface area (Å²) in [6, 6.07) is 7.57. The Morgan fingerprint density at radius 3 is 2.59 bits per heavy atom. The van der Waals surface area contributed by atoms with Crippen molar-refractivity contribution in [2.45, 2.75) is 13.3 Å². The van der Waals surface area contributed by atoms with E-state index in [0.717, 1.165) is 29.4 Å². The number of halogens is 1. The lowest BCUT2D eigenvalue weighted by Crippen LogP contribution is -3.05. The first-order chi connectivity index (χ1) is 10.5. The van der Waals surface area contributed by atoms with Crippen LogP contribution in [0.25, 0.3) is 11.3 Å². The molecule has 0 saturated carbocycles. The Balaban J connectivity index is 2.12. The van der Waals surface area contributed by atoms with Crippen LogP contribution in [0.1, 0.15) is 13.3 Å². The zero-order chi connectivity index (χ0) is 16.1. The number of aromatic nitrogens is 1. The van der Waals surface area contributed by atoms with Crippen molar-refractivity contribution in [1.29, 1.82) is 0 Å². The van der Waals surface area contributed by atoms with Crippen molar-refractivity contribution in [2.75, 3.05) is 32.1 Å². The lowest BCUT2D eigenvalue weighted by molar-refractivity contribution is -0.858. The maximum atomic E-state index is 11.9. The first-order valence-corrected chi connectivity index (χ1v) is 8.51.